The number of benzene rings is 1. The molecule has 0 saturated heterocycles. The number of anilines is 3. The van der Waals surface area contributed by atoms with Gasteiger partial charge in [0, 0.05) is 11.6 Å². The van der Waals surface area contributed by atoms with Crippen molar-refractivity contribution in [1.29, 1.82) is 0 Å². The molecule has 106 valence electrons. The molecule has 0 aliphatic carbocycles. The van der Waals surface area contributed by atoms with Gasteiger partial charge in [-0.15, -0.1) is 0 Å². The Bertz CT molecular complexity index is 808. The van der Waals surface area contributed by atoms with Crippen molar-refractivity contribution >= 4 is 39.7 Å². The highest BCUT2D eigenvalue weighted by Gasteiger charge is 2.11. The molecule has 2 aromatic heterocycles. The summed E-state index contributed by atoms with van der Waals surface area (Å²) in [6.07, 6.45) is 3.08. The SMILES string of the molecule is COc1ncnc(Nc2ccc(Cl)c3cccnc23)c1N. The number of pyridine rings is 1. The second-order valence-corrected chi connectivity index (χ2v) is 4.67. The number of nitrogens with zero attached hydrogens (tertiary/aromatic N) is 3. The zero-order valence-corrected chi connectivity index (χ0v) is 11.9. The van der Waals surface area contributed by atoms with E-state index in [9.17, 15) is 0 Å². The van der Waals surface area contributed by atoms with Crippen molar-refractivity contribution in [1.82, 2.24) is 15.0 Å². The van der Waals surface area contributed by atoms with E-state index in [4.69, 9.17) is 22.1 Å². The zero-order valence-electron chi connectivity index (χ0n) is 11.2. The lowest BCUT2D eigenvalue weighted by molar-refractivity contribution is 0.399. The zero-order chi connectivity index (χ0) is 14.8. The van der Waals surface area contributed by atoms with Crippen LogP contribution in [0.3, 0.4) is 0 Å². The summed E-state index contributed by atoms with van der Waals surface area (Å²) in [5, 5.41) is 4.63. The molecule has 0 unspecified atom stereocenters. The molecule has 0 aliphatic rings. The first-order valence-corrected chi connectivity index (χ1v) is 6.53. The van der Waals surface area contributed by atoms with Crippen molar-refractivity contribution in [3.8, 4) is 5.88 Å². The van der Waals surface area contributed by atoms with Gasteiger partial charge in [-0.3, -0.25) is 4.98 Å². The standard InChI is InChI=1S/C14H12ClN5O/c1-21-14-11(16)13(18-7-19-14)20-10-5-4-9(15)8-3-2-6-17-12(8)10/h2-7H,16H2,1H3,(H,18,19,20). The highest BCUT2D eigenvalue weighted by Crippen LogP contribution is 2.32. The van der Waals surface area contributed by atoms with Crippen LogP contribution in [0.2, 0.25) is 5.02 Å². The number of fused-ring (bicyclic) bond motifs is 1. The Balaban J connectivity index is 2.09. The van der Waals surface area contributed by atoms with Crippen molar-refractivity contribution in [3.05, 3.63) is 41.8 Å². The number of ether oxygens (including phenoxy) is 1. The number of hydrogen-bond donors (Lipinski definition) is 2. The Morgan fingerprint density at radius 1 is 1.19 bits per heavy atom. The summed E-state index contributed by atoms with van der Waals surface area (Å²) in [4.78, 5) is 12.4. The Morgan fingerprint density at radius 2 is 2.05 bits per heavy atom. The van der Waals surface area contributed by atoms with Gasteiger partial charge in [-0.1, -0.05) is 11.6 Å². The number of halogens is 1. The lowest BCUT2D eigenvalue weighted by Crippen LogP contribution is -2.03. The lowest BCUT2D eigenvalue weighted by atomic mass is 10.2. The summed E-state index contributed by atoms with van der Waals surface area (Å²) in [7, 11) is 1.50. The molecule has 0 bridgehead atoms. The summed E-state index contributed by atoms with van der Waals surface area (Å²) in [6, 6.07) is 7.36. The molecule has 3 aromatic rings. The van der Waals surface area contributed by atoms with Crippen LogP contribution in [0.1, 0.15) is 0 Å². The van der Waals surface area contributed by atoms with Crippen molar-refractivity contribution < 1.29 is 4.74 Å². The van der Waals surface area contributed by atoms with Gasteiger partial charge in [0.2, 0.25) is 5.88 Å². The minimum atomic E-state index is 0.318. The number of nitrogens with one attached hydrogen (secondary N) is 1. The highest BCUT2D eigenvalue weighted by molar-refractivity contribution is 6.35. The van der Waals surface area contributed by atoms with Crippen molar-refractivity contribution in [2.24, 2.45) is 0 Å². The van der Waals surface area contributed by atoms with Gasteiger partial charge < -0.3 is 15.8 Å². The van der Waals surface area contributed by atoms with E-state index in [0.717, 1.165) is 16.6 Å². The van der Waals surface area contributed by atoms with Crippen molar-refractivity contribution in [3.63, 3.8) is 0 Å². The third-order valence-electron chi connectivity index (χ3n) is 3.01. The molecule has 0 fully saturated rings. The maximum atomic E-state index is 6.17. The topological polar surface area (TPSA) is 86.0 Å². The minimum absolute atomic E-state index is 0.318. The van der Waals surface area contributed by atoms with Gasteiger partial charge in [0.25, 0.3) is 0 Å². The second kappa shape index (κ2) is 5.41. The monoisotopic (exact) mass is 301 g/mol. The number of rotatable bonds is 3. The first-order valence-electron chi connectivity index (χ1n) is 6.15. The van der Waals surface area contributed by atoms with E-state index < -0.39 is 0 Å². The van der Waals surface area contributed by atoms with Gasteiger partial charge in [0.15, 0.2) is 5.82 Å². The van der Waals surface area contributed by atoms with E-state index in [2.05, 4.69) is 20.3 Å². The molecular weight excluding hydrogens is 290 g/mol. The van der Waals surface area contributed by atoms with Crippen LogP contribution in [0, 0.1) is 0 Å². The summed E-state index contributed by atoms with van der Waals surface area (Å²) in [5.41, 5.74) is 7.78. The molecule has 0 aliphatic heterocycles. The first kappa shape index (κ1) is 13.4. The molecule has 0 atom stereocenters. The van der Waals surface area contributed by atoms with Crippen LogP contribution in [0.5, 0.6) is 5.88 Å². The maximum absolute atomic E-state index is 6.17. The molecule has 1 aromatic carbocycles. The fraction of sp³-hybridized carbons (Fsp3) is 0.0714. The Labute approximate surface area is 126 Å². The van der Waals surface area contributed by atoms with E-state index in [1.807, 2.05) is 18.2 Å². The first-order chi connectivity index (χ1) is 10.2. The molecule has 21 heavy (non-hydrogen) atoms. The van der Waals surface area contributed by atoms with Crippen LogP contribution < -0.4 is 15.8 Å². The van der Waals surface area contributed by atoms with E-state index in [-0.39, 0.29) is 0 Å². The lowest BCUT2D eigenvalue weighted by Gasteiger charge is -2.12. The van der Waals surface area contributed by atoms with E-state index in [1.165, 1.54) is 13.4 Å². The van der Waals surface area contributed by atoms with Gasteiger partial charge in [-0.25, -0.2) is 4.98 Å². The van der Waals surface area contributed by atoms with Crippen molar-refractivity contribution in [2.75, 3.05) is 18.2 Å². The van der Waals surface area contributed by atoms with Gasteiger partial charge in [-0.2, -0.15) is 4.98 Å². The number of aromatic nitrogens is 3. The summed E-state index contributed by atoms with van der Waals surface area (Å²) in [5.74, 6) is 0.773. The molecule has 0 amide bonds. The third kappa shape index (κ3) is 2.41. The summed E-state index contributed by atoms with van der Waals surface area (Å²) < 4.78 is 5.08. The largest absolute Gasteiger partial charge is 0.479 e. The quantitative estimate of drug-likeness (QED) is 0.773. The second-order valence-electron chi connectivity index (χ2n) is 4.26. The van der Waals surface area contributed by atoms with Crippen molar-refractivity contribution in [2.45, 2.75) is 0 Å². The summed E-state index contributed by atoms with van der Waals surface area (Å²) >= 11 is 6.17. The number of nitrogens with two attached hydrogens (primary N) is 1. The molecular formula is C14H12ClN5O. The van der Waals surface area contributed by atoms with E-state index in [0.29, 0.717) is 22.4 Å². The van der Waals surface area contributed by atoms with Gasteiger partial charge >= 0.3 is 0 Å². The maximum Gasteiger partial charge on any atom is 0.242 e. The van der Waals surface area contributed by atoms with Gasteiger partial charge in [-0.05, 0) is 24.3 Å². The van der Waals surface area contributed by atoms with Crippen LogP contribution in [-0.2, 0) is 0 Å². The van der Waals surface area contributed by atoms with E-state index in [1.54, 1.807) is 12.3 Å². The fourth-order valence-corrected chi connectivity index (χ4v) is 2.22. The normalized spacial score (nSPS) is 10.6. The molecule has 7 heteroatoms. The average Bonchev–Trinajstić information content (AvgIpc) is 2.52. The Kier molecular flexibility index (Phi) is 3.45. The fourth-order valence-electron chi connectivity index (χ4n) is 2.01. The van der Waals surface area contributed by atoms with Gasteiger partial charge in [0.1, 0.15) is 12.0 Å². The Morgan fingerprint density at radius 3 is 2.86 bits per heavy atom. The molecule has 0 radical (unpaired) electrons. The molecule has 0 saturated carbocycles. The van der Waals surface area contributed by atoms with Crippen LogP contribution in [0.25, 0.3) is 10.9 Å². The van der Waals surface area contributed by atoms with Crippen LogP contribution >= 0.6 is 11.6 Å². The van der Waals surface area contributed by atoms with Crippen LogP contribution in [-0.4, -0.2) is 22.1 Å². The predicted molar refractivity (Wildman–Crippen MR) is 83.0 cm³/mol. The summed E-state index contributed by atoms with van der Waals surface area (Å²) in [6.45, 7) is 0. The smallest absolute Gasteiger partial charge is 0.242 e. The molecule has 0 spiro atoms. The third-order valence-corrected chi connectivity index (χ3v) is 3.34. The molecule has 3 rings (SSSR count). The highest BCUT2D eigenvalue weighted by atomic mass is 35.5. The minimum Gasteiger partial charge on any atom is -0.479 e. The van der Waals surface area contributed by atoms with E-state index >= 15 is 0 Å². The molecule has 6 nitrogen and oxygen atoms in total. The Hall–Kier alpha value is -2.60. The predicted octanol–water partition coefficient (Wildman–Crippen LogP) is 3.01. The van der Waals surface area contributed by atoms with Crippen LogP contribution in [0.4, 0.5) is 17.2 Å². The van der Waals surface area contributed by atoms with Crippen LogP contribution in [0.15, 0.2) is 36.8 Å². The number of hydrogen-bond acceptors (Lipinski definition) is 6. The molecule has 3 N–H and O–H groups in total. The average molecular weight is 302 g/mol. The van der Waals surface area contributed by atoms with Gasteiger partial charge in [0.05, 0.1) is 23.3 Å². The number of methoxy groups -OCH3 is 1. The number of nitrogen functional groups attached to an aromatic ring is 1. The molecule has 2 heterocycles.